The zero-order valence-corrected chi connectivity index (χ0v) is 21.0. The Hall–Kier alpha value is -3.40. The average Bonchev–Trinajstić information content (AvgIpc) is 2.87. The Kier molecular flexibility index (Phi) is 8.50. The highest BCUT2D eigenvalue weighted by Gasteiger charge is 2.39. The van der Waals surface area contributed by atoms with Gasteiger partial charge in [-0.3, -0.25) is 14.4 Å². The number of piperazine rings is 1. The van der Waals surface area contributed by atoms with Crippen LogP contribution in [0.2, 0.25) is 0 Å². The summed E-state index contributed by atoms with van der Waals surface area (Å²) in [5.41, 5.74) is 1.06. The molecule has 35 heavy (non-hydrogen) atoms. The number of aryl methyl sites for hydroxylation is 1. The third kappa shape index (κ3) is 6.19. The fraction of sp³-hybridized carbons (Fsp3) is 0.400. The lowest BCUT2D eigenvalue weighted by Crippen LogP contribution is -2.57. The van der Waals surface area contributed by atoms with Crippen LogP contribution >= 0.6 is 0 Å². The molecule has 1 atom stereocenters. The Morgan fingerprint density at radius 2 is 1.49 bits per heavy atom. The Bertz CT molecular complexity index is 1150. The van der Waals surface area contributed by atoms with Crippen molar-refractivity contribution < 1.29 is 27.5 Å². The molecule has 0 aliphatic carbocycles. The second-order valence-corrected chi connectivity index (χ2v) is 10.3. The second-order valence-electron chi connectivity index (χ2n) is 8.23. The summed E-state index contributed by atoms with van der Waals surface area (Å²) in [7, 11) is -4.25. The summed E-state index contributed by atoms with van der Waals surface area (Å²) < 4.78 is 32.4. The molecule has 188 valence electrons. The number of hydrogen-bond donors (Lipinski definition) is 1. The molecular formula is C25H31N3O6S. The summed E-state index contributed by atoms with van der Waals surface area (Å²) in [5.74, 6) is -0.872. The third-order valence-electron chi connectivity index (χ3n) is 5.82. The minimum atomic E-state index is -4.25. The fourth-order valence-corrected chi connectivity index (χ4v) is 5.24. The van der Waals surface area contributed by atoms with Crippen molar-refractivity contribution in [3.63, 3.8) is 0 Å². The lowest BCUT2D eigenvalue weighted by molar-refractivity contribution is -0.139. The zero-order chi connectivity index (χ0) is 25.6. The number of rotatable bonds is 8. The summed E-state index contributed by atoms with van der Waals surface area (Å²) in [6.45, 7) is 6.88. The molecule has 0 aromatic heterocycles. The first kappa shape index (κ1) is 26.2. The fourth-order valence-electron chi connectivity index (χ4n) is 3.77. The molecule has 0 radical (unpaired) electrons. The van der Waals surface area contributed by atoms with Crippen LogP contribution < -0.4 is 10.1 Å². The van der Waals surface area contributed by atoms with Gasteiger partial charge in [0.05, 0.1) is 11.5 Å². The van der Waals surface area contributed by atoms with E-state index in [1.807, 2.05) is 13.8 Å². The summed E-state index contributed by atoms with van der Waals surface area (Å²) in [5, 5.41) is 0.633. The number of sulfone groups is 1. The van der Waals surface area contributed by atoms with Crippen LogP contribution in [0, 0.1) is 6.92 Å². The number of nitrogens with one attached hydrogen (secondary N) is 1. The number of benzene rings is 2. The average molecular weight is 502 g/mol. The Morgan fingerprint density at radius 1 is 0.914 bits per heavy atom. The van der Waals surface area contributed by atoms with Gasteiger partial charge in [-0.05, 0) is 50.2 Å². The van der Waals surface area contributed by atoms with E-state index in [0.29, 0.717) is 31.9 Å². The normalized spacial score (nSPS) is 14.8. The predicted molar refractivity (Wildman–Crippen MR) is 131 cm³/mol. The number of carbonyl (C=O) groups is 3. The highest BCUT2D eigenvalue weighted by atomic mass is 32.2. The molecule has 9 nitrogen and oxygen atoms in total. The molecule has 1 fully saturated rings. The lowest BCUT2D eigenvalue weighted by Gasteiger charge is -2.36. The number of amides is 3. The van der Waals surface area contributed by atoms with Gasteiger partial charge in [0, 0.05) is 38.2 Å². The van der Waals surface area contributed by atoms with Gasteiger partial charge in [0.25, 0.3) is 11.8 Å². The molecular weight excluding hydrogens is 470 g/mol. The lowest BCUT2D eigenvalue weighted by atomic mass is 10.2. The van der Waals surface area contributed by atoms with Crippen molar-refractivity contribution in [2.45, 2.75) is 37.5 Å². The van der Waals surface area contributed by atoms with Gasteiger partial charge < -0.3 is 19.9 Å². The monoisotopic (exact) mass is 501 g/mol. The van der Waals surface area contributed by atoms with Crippen molar-refractivity contribution >= 4 is 27.6 Å². The first-order valence-electron chi connectivity index (χ1n) is 11.6. The first-order chi connectivity index (χ1) is 16.7. The van der Waals surface area contributed by atoms with Crippen LogP contribution in [0.3, 0.4) is 0 Å². The van der Waals surface area contributed by atoms with E-state index in [1.165, 1.54) is 29.2 Å². The van der Waals surface area contributed by atoms with Crippen LogP contribution in [0.4, 0.5) is 0 Å². The number of ether oxygens (including phenoxy) is 1. The topological polar surface area (TPSA) is 113 Å². The van der Waals surface area contributed by atoms with Crippen LogP contribution in [0.15, 0.2) is 53.4 Å². The molecule has 2 aromatic carbocycles. The molecule has 0 bridgehead atoms. The van der Waals surface area contributed by atoms with Gasteiger partial charge in [-0.1, -0.05) is 24.6 Å². The van der Waals surface area contributed by atoms with Gasteiger partial charge in [-0.15, -0.1) is 0 Å². The van der Waals surface area contributed by atoms with Crippen molar-refractivity contribution in [1.29, 1.82) is 0 Å². The highest BCUT2D eigenvalue weighted by molar-refractivity contribution is 7.92. The Morgan fingerprint density at radius 3 is 2.03 bits per heavy atom. The minimum Gasteiger partial charge on any atom is -0.494 e. The van der Waals surface area contributed by atoms with E-state index in [4.69, 9.17) is 4.74 Å². The van der Waals surface area contributed by atoms with E-state index in [1.54, 1.807) is 36.1 Å². The Balaban J connectivity index is 1.87. The maximum Gasteiger partial charge on any atom is 0.261 e. The van der Waals surface area contributed by atoms with E-state index in [0.717, 1.165) is 5.56 Å². The maximum atomic E-state index is 13.5. The second kappa shape index (κ2) is 11.4. The first-order valence-corrected chi connectivity index (χ1v) is 13.1. The van der Waals surface area contributed by atoms with Crippen LogP contribution in [-0.2, 0) is 19.4 Å². The molecule has 1 saturated heterocycles. The van der Waals surface area contributed by atoms with Gasteiger partial charge in [-0.25, -0.2) is 8.42 Å². The molecule has 1 unspecified atom stereocenters. The van der Waals surface area contributed by atoms with Crippen LogP contribution in [-0.4, -0.2) is 74.1 Å². The third-order valence-corrected chi connectivity index (χ3v) is 7.69. The number of hydrogen-bond acceptors (Lipinski definition) is 6. The highest BCUT2D eigenvalue weighted by Crippen LogP contribution is 2.20. The molecule has 10 heteroatoms. The standard InChI is InChI=1S/C25H31N3O6S/c1-4-22(29)27-14-16-28(17-15-27)25(31)24(35(32,33)21-12-6-18(3)7-13-21)26-23(30)19-8-10-20(11-9-19)34-5-2/h6-13,24H,4-5,14-17H2,1-3H3,(H,26,30). The molecule has 2 aromatic rings. The minimum absolute atomic E-state index is 0.0234. The Labute approximate surface area is 206 Å². The molecule has 0 saturated carbocycles. The summed E-state index contributed by atoms with van der Waals surface area (Å²) in [6, 6.07) is 12.3. The summed E-state index contributed by atoms with van der Waals surface area (Å²) >= 11 is 0. The SMILES string of the molecule is CCOc1ccc(C(=O)NC(C(=O)N2CCN(C(=O)CC)CC2)S(=O)(=O)c2ccc(C)cc2)cc1. The van der Waals surface area contributed by atoms with Crippen LogP contribution in [0.1, 0.15) is 36.2 Å². The van der Waals surface area contributed by atoms with Crippen molar-refractivity contribution in [1.82, 2.24) is 15.1 Å². The van der Waals surface area contributed by atoms with Crippen molar-refractivity contribution in [3.8, 4) is 5.75 Å². The quantitative estimate of drug-likeness (QED) is 0.592. The van der Waals surface area contributed by atoms with Gasteiger partial charge in [0.2, 0.25) is 21.1 Å². The van der Waals surface area contributed by atoms with Gasteiger partial charge in [-0.2, -0.15) is 0 Å². The van der Waals surface area contributed by atoms with Crippen LogP contribution in [0.5, 0.6) is 5.75 Å². The van der Waals surface area contributed by atoms with E-state index >= 15 is 0 Å². The molecule has 1 aliphatic rings. The van der Waals surface area contributed by atoms with Crippen molar-refractivity contribution in [2.75, 3.05) is 32.8 Å². The van der Waals surface area contributed by atoms with E-state index in [9.17, 15) is 22.8 Å². The molecule has 1 N–H and O–H groups in total. The zero-order valence-electron chi connectivity index (χ0n) is 20.2. The van der Waals surface area contributed by atoms with E-state index in [2.05, 4.69) is 5.32 Å². The molecule has 3 amide bonds. The van der Waals surface area contributed by atoms with E-state index < -0.39 is 27.0 Å². The van der Waals surface area contributed by atoms with Crippen molar-refractivity contribution in [2.24, 2.45) is 0 Å². The molecule has 1 aliphatic heterocycles. The predicted octanol–water partition coefficient (Wildman–Crippen LogP) is 2.00. The smallest absolute Gasteiger partial charge is 0.261 e. The molecule has 1 heterocycles. The number of carbonyl (C=O) groups excluding carboxylic acids is 3. The largest absolute Gasteiger partial charge is 0.494 e. The maximum absolute atomic E-state index is 13.5. The van der Waals surface area contributed by atoms with Gasteiger partial charge in [0.1, 0.15) is 5.75 Å². The van der Waals surface area contributed by atoms with Crippen LogP contribution in [0.25, 0.3) is 0 Å². The summed E-state index contributed by atoms with van der Waals surface area (Å²) in [4.78, 5) is 41.4. The van der Waals surface area contributed by atoms with Gasteiger partial charge in [0.15, 0.2) is 0 Å². The van der Waals surface area contributed by atoms with E-state index in [-0.39, 0.29) is 29.5 Å². The number of nitrogens with zero attached hydrogens (tertiary/aromatic N) is 2. The molecule has 0 spiro atoms. The van der Waals surface area contributed by atoms with Gasteiger partial charge >= 0.3 is 0 Å². The summed E-state index contributed by atoms with van der Waals surface area (Å²) in [6.07, 6.45) is 0.358. The van der Waals surface area contributed by atoms with Crippen molar-refractivity contribution in [3.05, 3.63) is 59.7 Å². The molecule has 3 rings (SSSR count).